The maximum absolute atomic E-state index is 14.1. The highest BCUT2D eigenvalue weighted by molar-refractivity contribution is 7.92. The Morgan fingerprint density at radius 3 is 2.26 bits per heavy atom. The van der Waals surface area contributed by atoms with Crippen molar-refractivity contribution < 1.29 is 31.9 Å². The fourth-order valence-corrected chi connectivity index (χ4v) is 6.24. The molecule has 230 valence electrons. The van der Waals surface area contributed by atoms with Gasteiger partial charge in [-0.1, -0.05) is 29.3 Å². The molecule has 0 radical (unpaired) electrons. The number of nitrogens with zero attached hydrogens (tertiary/aromatic N) is 2. The summed E-state index contributed by atoms with van der Waals surface area (Å²) in [7, 11) is -4.41. The summed E-state index contributed by atoms with van der Waals surface area (Å²) in [5.74, 6) is -1.11. The van der Waals surface area contributed by atoms with Gasteiger partial charge in [-0.05, 0) is 81.8 Å². The Hall–Kier alpha value is -3.54. The highest BCUT2D eigenvalue weighted by Gasteiger charge is 2.34. The minimum absolute atomic E-state index is 0.0425. The maximum atomic E-state index is 14.1. The van der Waals surface area contributed by atoms with Gasteiger partial charge in [0.15, 0.2) is 11.5 Å². The van der Waals surface area contributed by atoms with Gasteiger partial charge in [-0.25, -0.2) is 12.8 Å². The number of benzene rings is 3. The molecule has 13 heteroatoms. The van der Waals surface area contributed by atoms with Crippen LogP contribution in [-0.4, -0.2) is 56.5 Å². The summed E-state index contributed by atoms with van der Waals surface area (Å²) in [5.41, 5.74) is -0.0570. The molecule has 0 bridgehead atoms. The lowest BCUT2D eigenvalue weighted by atomic mass is 10.1. The molecule has 1 aliphatic heterocycles. The zero-order valence-electron chi connectivity index (χ0n) is 24.1. The maximum Gasteiger partial charge on any atom is 0.264 e. The number of hydrogen-bond acceptors (Lipinski definition) is 6. The van der Waals surface area contributed by atoms with Gasteiger partial charge in [-0.3, -0.25) is 13.9 Å². The number of amides is 2. The van der Waals surface area contributed by atoms with E-state index in [2.05, 4.69) is 5.32 Å². The molecular formula is C30H32Cl2FN3O6S. The van der Waals surface area contributed by atoms with Crippen LogP contribution >= 0.6 is 23.2 Å². The minimum Gasteiger partial charge on any atom is -0.486 e. The van der Waals surface area contributed by atoms with E-state index >= 15 is 0 Å². The predicted octanol–water partition coefficient (Wildman–Crippen LogP) is 5.43. The number of carbonyl (C=O) groups excluding carboxylic acids is 2. The number of hydrogen-bond donors (Lipinski definition) is 1. The molecule has 3 aromatic rings. The summed E-state index contributed by atoms with van der Waals surface area (Å²) < 4.78 is 53.9. The average molecular weight is 653 g/mol. The lowest BCUT2D eigenvalue weighted by Crippen LogP contribution is -2.54. The van der Waals surface area contributed by atoms with E-state index in [0.717, 1.165) is 16.4 Å². The smallest absolute Gasteiger partial charge is 0.264 e. The Kier molecular flexibility index (Phi) is 9.78. The third-order valence-electron chi connectivity index (χ3n) is 6.52. The molecule has 0 saturated heterocycles. The van der Waals surface area contributed by atoms with Gasteiger partial charge in [-0.15, -0.1) is 0 Å². The zero-order valence-corrected chi connectivity index (χ0v) is 26.4. The van der Waals surface area contributed by atoms with Crippen LogP contribution in [-0.2, 0) is 26.2 Å². The lowest BCUT2D eigenvalue weighted by Gasteiger charge is -2.33. The van der Waals surface area contributed by atoms with Crippen molar-refractivity contribution in [2.75, 3.05) is 24.1 Å². The van der Waals surface area contributed by atoms with Gasteiger partial charge in [0, 0.05) is 28.2 Å². The van der Waals surface area contributed by atoms with Crippen molar-refractivity contribution in [2.45, 2.75) is 50.7 Å². The number of fused-ring (bicyclic) bond motifs is 1. The second kappa shape index (κ2) is 13.0. The van der Waals surface area contributed by atoms with Crippen LogP contribution in [0, 0.1) is 5.82 Å². The number of nitrogens with one attached hydrogen (secondary N) is 1. The van der Waals surface area contributed by atoms with Crippen molar-refractivity contribution in [2.24, 2.45) is 0 Å². The third kappa shape index (κ3) is 7.90. The van der Waals surface area contributed by atoms with Crippen molar-refractivity contribution in [1.82, 2.24) is 10.2 Å². The molecule has 9 nitrogen and oxygen atoms in total. The van der Waals surface area contributed by atoms with E-state index in [0.29, 0.717) is 22.9 Å². The van der Waals surface area contributed by atoms with Crippen LogP contribution in [0.3, 0.4) is 0 Å². The third-order valence-corrected chi connectivity index (χ3v) is 8.87. The first-order valence-electron chi connectivity index (χ1n) is 13.4. The fourth-order valence-electron chi connectivity index (χ4n) is 4.34. The van der Waals surface area contributed by atoms with Crippen molar-refractivity contribution in [3.63, 3.8) is 0 Å². The van der Waals surface area contributed by atoms with Gasteiger partial charge in [0.25, 0.3) is 10.0 Å². The molecule has 0 unspecified atom stereocenters. The normalized spacial score (nSPS) is 13.7. The van der Waals surface area contributed by atoms with Crippen molar-refractivity contribution in [3.05, 3.63) is 82.1 Å². The quantitative estimate of drug-likeness (QED) is 0.331. The van der Waals surface area contributed by atoms with Crippen LogP contribution in [0.2, 0.25) is 10.0 Å². The largest absolute Gasteiger partial charge is 0.486 e. The van der Waals surface area contributed by atoms with E-state index in [1.54, 1.807) is 39.8 Å². The van der Waals surface area contributed by atoms with Gasteiger partial charge < -0.3 is 19.7 Å². The molecule has 1 atom stereocenters. The molecule has 4 rings (SSSR count). The molecule has 0 aromatic heterocycles. The highest BCUT2D eigenvalue weighted by Crippen LogP contribution is 2.34. The Labute approximate surface area is 260 Å². The summed E-state index contributed by atoms with van der Waals surface area (Å²) in [4.78, 5) is 28.3. The first-order chi connectivity index (χ1) is 20.2. The topological polar surface area (TPSA) is 105 Å². The number of sulfonamides is 1. The Morgan fingerprint density at radius 1 is 0.977 bits per heavy atom. The predicted molar refractivity (Wildman–Crippen MR) is 163 cm³/mol. The van der Waals surface area contributed by atoms with E-state index in [1.165, 1.54) is 41.3 Å². The van der Waals surface area contributed by atoms with E-state index in [9.17, 15) is 22.4 Å². The molecule has 1 heterocycles. The van der Waals surface area contributed by atoms with Crippen LogP contribution in [0.15, 0.2) is 65.6 Å². The zero-order chi connectivity index (χ0) is 31.5. The fraction of sp³-hybridized carbons (Fsp3) is 0.333. The van der Waals surface area contributed by atoms with Gasteiger partial charge in [-0.2, -0.15) is 0 Å². The Balaban J connectivity index is 1.74. The summed E-state index contributed by atoms with van der Waals surface area (Å²) in [5, 5.41) is 3.51. The average Bonchev–Trinajstić information content (AvgIpc) is 2.94. The van der Waals surface area contributed by atoms with Crippen LogP contribution in [0.4, 0.5) is 10.1 Å². The standard InChI is InChI=1S/C30H32Cl2FN3O6S/c1-19(29(38)34-30(2,3)4)35(17-20-5-6-21(31)15-25(20)32)28(37)18-36(23-9-7-22(33)8-10-23)43(39,40)24-11-12-26-27(16-24)42-14-13-41-26/h5-12,15-16,19H,13-14,17-18H2,1-4H3,(H,34,38)/t19-/m1/s1. The highest BCUT2D eigenvalue weighted by atomic mass is 35.5. The first kappa shape index (κ1) is 32.4. The van der Waals surface area contributed by atoms with Crippen molar-refractivity contribution >= 4 is 50.7 Å². The van der Waals surface area contributed by atoms with Gasteiger partial charge in [0.05, 0.1) is 10.6 Å². The molecule has 0 saturated carbocycles. The minimum atomic E-state index is -4.41. The lowest BCUT2D eigenvalue weighted by molar-refractivity contribution is -0.140. The molecule has 0 fully saturated rings. The SMILES string of the molecule is C[C@H](C(=O)NC(C)(C)C)N(Cc1ccc(Cl)cc1Cl)C(=O)CN(c1ccc(F)cc1)S(=O)(=O)c1ccc2c(c1)OCCO2. The van der Waals surface area contributed by atoms with E-state index in [1.807, 2.05) is 0 Å². The van der Waals surface area contributed by atoms with Crippen LogP contribution in [0.25, 0.3) is 0 Å². The van der Waals surface area contributed by atoms with Gasteiger partial charge in [0.2, 0.25) is 11.8 Å². The first-order valence-corrected chi connectivity index (χ1v) is 15.6. The van der Waals surface area contributed by atoms with E-state index in [4.69, 9.17) is 32.7 Å². The summed E-state index contributed by atoms with van der Waals surface area (Å²) in [6.07, 6.45) is 0. The van der Waals surface area contributed by atoms with E-state index < -0.39 is 45.8 Å². The Bertz CT molecular complexity index is 1610. The monoisotopic (exact) mass is 651 g/mol. The van der Waals surface area contributed by atoms with Crippen LogP contribution in [0.5, 0.6) is 11.5 Å². The molecule has 1 N–H and O–H groups in total. The van der Waals surface area contributed by atoms with E-state index in [-0.39, 0.29) is 34.5 Å². The summed E-state index contributed by atoms with van der Waals surface area (Å²) in [6, 6.07) is 12.6. The molecule has 43 heavy (non-hydrogen) atoms. The molecule has 0 aliphatic carbocycles. The van der Waals surface area contributed by atoms with Crippen molar-refractivity contribution in [3.8, 4) is 11.5 Å². The number of halogens is 3. The number of ether oxygens (including phenoxy) is 2. The molecular weight excluding hydrogens is 620 g/mol. The number of carbonyl (C=O) groups is 2. The van der Waals surface area contributed by atoms with Gasteiger partial charge in [0.1, 0.15) is 31.6 Å². The van der Waals surface area contributed by atoms with Crippen LogP contribution in [0.1, 0.15) is 33.3 Å². The molecule has 3 aromatic carbocycles. The number of anilines is 1. The second-order valence-corrected chi connectivity index (χ2v) is 13.7. The summed E-state index contributed by atoms with van der Waals surface area (Å²) >= 11 is 12.5. The summed E-state index contributed by atoms with van der Waals surface area (Å²) in [6.45, 7) is 6.69. The van der Waals surface area contributed by atoms with Crippen LogP contribution < -0.4 is 19.1 Å². The van der Waals surface area contributed by atoms with Crippen molar-refractivity contribution in [1.29, 1.82) is 0 Å². The van der Waals surface area contributed by atoms with Gasteiger partial charge >= 0.3 is 0 Å². The number of rotatable bonds is 9. The Morgan fingerprint density at radius 2 is 1.63 bits per heavy atom. The molecule has 2 amide bonds. The molecule has 1 aliphatic rings. The molecule has 0 spiro atoms. The second-order valence-electron chi connectivity index (χ2n) is 11.0.